The maximum atomic E-state index is 6.35. The van der Waals surface area contributed by atoms with E-state index >= 15 is 0 Å². The number of hydrogen-bond acceptors (Lipinski definition) is 0. The van der Waals surface area contributed by atoms with Crippen molar-refractivity contribution >= 4 is 23.2 Å². The Hall–Kier alpha value is -0.200. The summed E-state index contributed by atoms with van der Waals surface area (Å²) in [4.78, 5) is 0. The standard InChI is InChI=1S/C11H12Cl2/c1-11(6-7-11)10(13)8-2-4-9(12)5-3-8/h2-5,10H,6-7H2,1H3. The molecule has 0 saturated heterocycles. The van der Waals surface area contributed by atoms with E-state index in [1.165, 1.54) is 18.4 Å². The first-order chi connectivity index (χ1) is 6.12. The van der Waals surface area contributed by atoms with Gasteiger partial charge in [-0.05, 0) is 36.0 Å². The molecule has 1 unspecified atom stereocenters. The van der Waals surface area contributed by atoms with Crippen LogP contribution in [0.1, 0.15) is 30.7 Å². The molecule has 0 spiro atoms. The average Bonchev–Trinajstić information content (AvgIpc) is 2.85. The van der Waals surface area contributed by atoms with Gasteiger partial charge in [0.2, 0.25) is 0 Å². The van der Waals surface area contributed by atoms with E-state index in [0.29, 0.717) is 5.41 Å². The van der Waals surface area contributed by atoms with Crippen LogP contribution in [-0.4, -0.2) is 0 Å². The molecule has 1 aromatic rings. The highest BCUT2D eigenvalue weighted by Crippen LogP contribution is 2.57. The molecule has 0 bridgehead atoms. The van der Waals surface area contributed by atoms with Crippen molar-refractivity contribution in [3.63, 3.8) is 0 Å². The van der Waals surface area contributed by atoms with Gasteiger partial charge in [-0.15, -0.1) is 11.6 Å². The lowest BCUT2D eigenvalue weighted by atomic mass is 9.98. The van der Waals surface area contributed by atoms with Gasteiger partial charge >= 0.3 is 0 Å². The van der Waals surface area contributed by atoms with Crippen molar-refractivity contribution in [3.8, 4) is 0 Å². The predicted octanol–water partition coefficient (Wildman–Crippen LogP) is 4.42. The van der Waals surface area contributed by atoms with Gasteiger partial charge in [-0.1, -0.05) is 30.7 Å². The lowest BCUT2D eigenvalue weighted by Gasteiger charge is -2.16. The molecule has 0 radical (unpaired) electrons. The van der Waals surface area contributed by atoms with Gasteiger partial charge in [-0.25, -0.2) is 0 Å². The van der Waals surface area contributed by atoms with Crippen molar-refractivity contribution in [3.05, 3.63) is 34.9 Å². The van der Waals surface area contributed by atoms with Gasteiger partial charge in [0.1, 0.15) is 0 Å². The first kappa shape index (κ1) is 9.36. The maximum absolute atomic E-state index is 6.35. The van der Waals surface area contributed by atoms with Crippen molar-refractivity contribution in [2.75, 3.05) is 0 Å². The molecule has 1 atom stereocenters. The summed E-state index contributed by atoms with van der Waals surface area (Å²) in [5.41, 5.74) is 1.51. The summed E-state index contributed by atoms with van der Waals surface area (Å²) < 4.78 is 0. The van der Waals surface area contributed by atoms with E-state index in [9.17, 15) is 0 Å². The summed E-state index contributed by atoms with van der Waals surface area (Å²) in [7, 11) is 0. The number of halogens is 2. The number of alkyl halides is 1. The number of hydrogen-bond donors (Lipinski definition) is 0. The Morgan fingerprint density at radius 1 is 1.23 bits per heavy atom. The van der Waals surface area contributed by atoms with Crippen LogP contribution in [0.15, 0.2) is 24.3 Å². The van der Waals surface area contributed by atoms with Crippen LogP contribution in [0.25, 0.3) is 0 Å². The molecule has 0 amide bonds. The van der Waals surface area contributed by atoms with Gasteiger partial charge in [-0.3, -0.25) is 0 Å². The highest BCUT2D eigenvalue weighted by atomic mass is 35.5. The second-order valence-electron chi connectivity index (χ2n) is 4.07. The minimum absolute atomic E-state index is 0.143. The molecule has 70 valence electrons. The molecule has 2 heteroatoms. The number of rotatable bonds is 2. The van der Waals surface area contributed by atoms with Crippen LogP contribution in [-0.2, 0) is 0 Å². The van der Waals surface area contributed by atoms with Crippen LogP contribution in [0.2, 0.25) is 5.02 Å². The lowest BCUT2D eigenvalue weighted by molar-refractivity contribution is 0.549. The third-order valence-electron chi connectivity index (χ3n) is 2.81. The molecule has 13 heavy (non-hydrogen) atoms. The molecule has 0 aromatic heterocycles. The monoisotopic (exact) mass is 214 g/mol. The first-order valence-electron chi connectivity index (χ1n) is 4.51. The molecule has 1 aliphatic carbocycles. The summed E-state index contributed by atoms with van der Waals surface area (Å²) in [5.74, 6) is 0. The highest BCUT2D eigenvalue weighted by Gasteiger charge is 2.44. The summed E-state index contributed by atoms with van der Waals surface area (Å²) in [5, 5.41) is 0.915. The molecule has 0 aliphatic heterocycles. The van der Waals surface area contributed by atoms with Gasteiger partial charge < -0.3 is 0 Å². The Labute approximate surface area is 88.9 Å². The van der Waals surface area contributed by atoms with Crippen molar-refractivity contribution < 1.29 is 0 Å². The molecule has 1 aromatic carbocycles. The average molecular weight is 215 g/mol. The summed E-state index contributed by atoms with van der Waals surface area (Å²) >= 11 is 12.2. The van der Waals surface area contributed by atoms with E-state index in [2.05, 4.69) is 6.92 Å². The van der Waals surface area contributed by atoms with E-state index in [1.54, 1.807) is 0 Å². The van der Waals surface area contributed by atoms with Crippen LogP contribution < -0.4 is 0 Å². The second-order valence-corrected chi connectivity index (χ2v) is 4.94. The largest absolute Gasteiger partial charge is 0.117 e. The highest BCUT2D eigenvalue weighted by molar-refractivity contribution is 6.30. The van der Waals surface area contributed by atoms with Crippen molar-refractivity contribution in [1.82, 2.24) is 0 Å². The molecular formula is C11H12Cl2. The first-order valence-corrected chi connectivity index (χ1v) is 5.33. The Kier molecular flexibility index (Phi) is 2.29. The Bertz CT molecular complexity index is 298. The molecule has 0 N–H and O–H groups in total. The van der Waals surface area contributed by atoms with Gasteiger partial charge in [0.25, 0.3) is 0 Å². The fourth-order valence-electron chi connectivity index (χ4n) is 1.48. The van der Waals surface area contributed by atoms with Gasteiger partial charge in [0.15, 0.2) is 0 Å². The quantitative estimate of drug-likeness (QED) is 0.640. The zero-order valence-electron chi connectivity index (χ0n) is 7.56. The third-order valence-corrected chi connectivity index (χ3v) is 3.84. The number of benzene rings is 1. The lowest BCUT2D eigenvalue weighted by Crippen LogP contribution is -2.03. The van der Waals surface area contributed by atoms with Crippen molar-refractivity contribution in [1.29, 1.82) is 0 Å². The molecule has 2 rings (SSSR count). The van der Waals surface area contributed by atoms with Gasteiger partial charge in [0.05, 0.1) is 5.38 Å². The van der Waals surface area contributed by atoms with Crippen molar-refractivity contribution in [2.45, 2.75) is 25.1 Å². The minimum atomic E-state index is 0.143. The molecule has 0 nitrogen and oxygen atoms in total. The Morgan fingerprint density at radius 2 is 1.77 bits per heavy atom. The van der Waals surface area contributed by atoms with Crippen LogP contribution >= 0.6 is 23.2 Å². The minimum Gasteiger partial charge on any atom is -0.117 e. The van der Waals surface area contributed by atoms with Crippen LogP contribution in [0.4, 0.5) is 0 Å². The van der Waals surface area contributed by atoms with Gasteiger partial charge in [-0.2, -0.15) is 0 Å². The fourth-order valence-corrected chi connectivity index (χ4v) is 1.97. The Balaban J connectivity index is 2.20. The summed E-state index contributed by atoms with van der Waals surface area (Å²) in [6.07, 6.45) is 2.48. The van der Waals surface area contributed by atoms with E-state index in [-0.39, 0.29) is 5.38 Å². The predicted molar refractivity (Wildman–Crippen MR) is 57.4 cm³/mol. The zero-order valence-corrected chi connectivity index (χ0v) is 9.07. The van der Waals surface area contributed by atoms with E-state index in [0.717, 1.165) is 5.02 Å². The smallest absolute Gasteiger partial charge is 0.0638 e. The zero-order chi connectivity index (χ0) is 9.47. The molecule has 1 aliphatic rings. The normalized spacial score (nSPS) is 21.2. The second kappa shape index (κ2) is 3.18. The summed E-state index contributed by atoms with van der Waals surface area (Å²) in [6, 6.07) is 7.84. The molecular weight excluding hydrogens is 203 g/mol. The fraction of sp³-hybridized carbons (Fsp3) is 0.455. The third kappa shape index (κ3) is 1.84. The van der Waals surface area contributed by atoms with E-state index in [1.807, 2.05) is 24.3 Å². The molecule has 1 fully saturated rings. The summed E-state index contributed by atoms with van der Waals surface area (Å²) in [6.45, 7) is 2.24. The van der Waals surface area contributed by atoms with Crippen molar-refractivity contribution in [2.24, 2.45) is 5.41 Å². The van der Waals surface area contributed by atoms with Crippen LogP contribution in [0, 0.1) is 5.41 Å². The maximum Gasteiger partial charge on any atom is 0.0638 e. The van der Waals surface area contributed by atoms with Gasteiger partial charge in [0, 0.05) is 5.02 Å². The van der Waals surface area contributed by atoms with E-state index in [4.69, 9.17) is 23.2 Å². The molecule has 1 saturated carbocycles. The van der Waals surface area contributed by atoms with E-state index < -0.39 is 0 Å². The SMILES string of the molecule is CC1(C(Cl)c2ccc(Cl)cc2)CC1. The van der Waals surface area contributed by atoms with Crippen LogP contribution in [0.3, 0.4) is 0 Å². The molecule has 0 heterocycles. The topological polar surface area (TPSA) is 0 Å². The van der Waals surface area contributed by atoms with Crippen LogP contribution in [0.5, 0.6) is 0 Å². The Morgan fingerprint density at radius 3 is 2.23 bits per heavy atom.